The fraction of sp³-hybridized carbons (Fsp3) is 0.222. The average Bonchev–Trinajstić information content (AvgIpc) is 3.15. The van der Waals surface area contributed by atoms with Crippen LogP contribution in [0.15, 0.2) is 48.8 Å². The Labute approximate surface area is 157 Å². The summed E-state index contributed by atoms with van der Waals surface area (Å²) in [5, 5.41) is 7.02. The molecule has 9 heteroatoms. The Morgan fingerprint density at radius 3 is 2.74 bits per heavy atom. The number of nitrogens with one attached hydrogen (secondary N) is 1. The molecule has 0 bridgehead atoms. The van der Waals surface area contributed by atoms with Crippen LogP contribution in [0.1, 0.15) is 30.1 Å². The number of pyridine rings is 1. The zero-order chi connectivity index (χ0) is 18.8. The van der Waals surface area contributed by atoms with Crippen LogP contribution in [-0.4, -0.2) is 23.9 Å². The van der Waals surface area contributed by atoms with Gasteiger partial charge in [0.1, 0.15) is 11.6 Å². The van der Waals surface area contributed by atoms with E-state index >= 15 is 0 Å². The van der Waals surface area contributed by atoms with Crippen molar-refractivity contribution in [1.29, 1.82) is 0 Å². The number of H-pyrrole nitrogens is 1. The number of nitrogens with zero attached hydrogens (tertiary/aromatic N) is 3. The minimum absolute atomic E-state index is 0.260. The van der Waals surface area contributed by atoms with E-state index in [1.807, 2.05) is 0 Å². The molecule has 2 unspecified atom stereocenters. The van der Waals surface area contributed by atoms with Crippen molar-refractivity contribution in [3.05, 3.63) is 65.9 Å². The third kappa shape index (κ3) is 3.69. The maximum absolute atomic E-state index is 13.0. The van der Waals surface area contributed by atoms with E-state index in [1.54, 1.807) is 18.3 Å². The highest BCUT2D eigenvalue weighted by Gasteiger charge is 2.31. The predicted molar refractivity (Wildman–Crippen MR) is 98.2 cm³/mol. The molecule has 1 aliphatic rings. The highest BCUT2D eigenvalue weighted by atomic mass is 32.2. The summed E-state index contributed by atoms with van der Waals surface area (Å²) in [5.74, 6) is 0.411. The van der Waals surface area contributed by atoms with Gasteiger partial charge in [-0.25, -0.2) is 13.6 Å². The molecular formula is C18H17FN4O3S. The maximum Gasteiger partial charge on any atom is 0.262 e. The highest BCUT2D eigenvalue weighted by molar-refractivity contribution is 7.80. The third-order valence-corrected chi connectivity index (χ3v) is 5.28. The van der Waals surface area contributed by atoms with Crippen molar-refractivity contribution in [2.24, 2.45) is 0 Å². The van der Waals surface area contributed by atoms with Crippen molar-refractivity contribution in [3.8, 4) is 11.6 Å². The number of rotatable bonds is 5. The second kappa shape index (κ2) is 7.45. The van der Waals surface area contributed by atoms with Crippen LogP contribution in [0.4, 0.5) is 10.1 Å². The van der Waals surface area contributed by atoms with Crippen molar-refractivity contribution in [2.75, 3.05) is 4.31 Å². The molecule has 7 nitrogen and oxygen atoms in total. The zero-order valence-corrected chi connectivity index (χ0v) is 15.0. The van der Waals surface area contributed by atoms with Gasteiger partial charge in [-0.05, 0) is 49.6 Å². The lowest BCUT2D eigenvalue weighted by atomic mass is 9.93. The van der Waals surface area contributed by atoms with Crippen molar-refractivity contribution in [1.82, 2.24) is 15.2 Å². The number of aryl methyl sites for hydroxylation is 1. The van der Waals surface area contributed by atoms with Gasteiger partial charge < -0.3 is 4.74 Å². The summed E-state index contributed by atoms with van der Waals surface area (Å²) >= 11 is -2.22. The summed E-state index contributed by atoms with van der Waals surface area (Å²) in [5.41, 5.74) is 2.42. The van der Waals surface area contributed by atoms with Crippen LogP contribution in [0.2, 0.25) is 0 Å². The van der Waals surface area contributed by atoms with Gasteiger partial charge in [0, 0.05) is 17.3 Å². The lowest BCUT2D eigenvalue weighted by molar-refractivity contribution is 0.461. The monoisotopic (exact) mass is 388 g/mol. The molecule has 2 heterocycles. The molecule has 0 aliphatic heterocycles. The van der Waals surface area contributed by atoms with E-state index in [9.17, 15) is 13.2 Å². The second-order valence-corrected chi connectivity index (χ2v) is 7.03. The molecule has 2 aromatic heterocycles. The van der Waals surface area contributed by atoms with Crippen molar-refractivity contribution >= 4 is 17.0 Å². The van der Waals surface area contributed by atoms with Crippen molar-refractivity contribution < 1.29 is 17.9 Å². The van der Waals surface area contributed by atoms with Gasteiger partial charge in [-0.1, -0.05) is 0 Å². The van der Waals surface area contributed by atoms with E-state index in [4.69, 9.17) is 4.74 Å². The number of aromatic amines is 1. The van der Waals surface area contributed by atoms with E-state index in [0.717, 1.165) is 30.5 Å². The molecule has 3 aromatic rings. The second-order valence-electron chi connectivity index (χ2n) is 6.18. The number of anilines is 1. The van der Waals surface area contributed by atoms with Crippen LogP contribution in [0.5, 0.6) is 11.6 Å². The molecule has 0 amide bonds. The number of hydrogen-bond acceptors (Lipinski definition) is 4. The van der Waals surface area contributed by atoms with E-state index in [-0.39, 0.29) is 11.9 Å². The Kier molecular flexibility index (Phi) is 4.87. The number of benzene rings is 1. The minimum Gasteiger partial charge on any atom is -0.439 e. The topological polar surface area (TPSA) is 91.3 Å². The predicted octanol–water partition coefficient (Wildman–Crippen LogP) is 3.76. The Morgan fingerprint density at radius 2 is 2.04 bits per heavy atom. The van der Waals surface area contributed by atoms with Crippen LogP contribution < -0.4 is 9.04 Å². The van der Waals surface area contributed by atoms with Gasteiger partial charge in [0.05, 0.1) is 24.1 Å². The number of halogens is 1. The maximum atomic E-state index is 13.0. The molecule has 0 spiro atoms. The standard InChI is InChI=1S/C18H17FN4O3S/c19-12-4-7-14(8-5-12)26-18-9-6-13(10-20-18)23(27(24)25)17-3-1-2-16-15(17)11-21-22-16/h4-11,17H,1-3H2,(H,21,22)(H,24,25). The van der Waals surface area contributed by atoms with Gasteiger partial charge in [-0.2, -0.15) is 5.10 Å². The summed E-state index contributed by atoms with van der Waals surface area (Å²) in [7, 11) is 0. The first kappa shape index (κ1) is 17.6. The van der Waals surface area contributed by atoms with Crippen LogP contribution in [-0.2, 0) is 17.7 Å². The molecule has 1 aliphatic carbocycles. The van der Waals surface area contributed by atoms with Gasteiger partial charge in [-0.15, -0.1) is 0 Å². The Morgan fingerprint density at radius 1 is 1.22 bits per heavy atom. The highest BCUT2D eigenvalue weighted by Crippen LogP contribution is 2.37. The minimum atomic E-state index is -2.22. The molecule has 0 saturated carbocycles. The quantitative estimate of drug-likeness (QED) is 0.650. The van der Waals surface area contributed by atoms with Gasteiger partial charge in [-0.3, -0.25) is 14.0 Å². The van der Waals surface area contributed by atoms with Crippen LogP contribution in [0.25, 0.3) is 0 Å². The number of hydrogen-bond donors (Lipinski definition) is 2. The van der Waals surface area contributed by atoms with Crippen LogP contribution in [0, 0.1) is 5.82 Å². The van der Waals surface area contributed by atoms with Crippen molar-refractivity contribution in [2.45, 2.75) is 25.3 Å². The average molecular weight is 388 g/mol. The van der Waals surface area contributed by atoms with Gasteiger partial charge >= 0.3 is 0 Å². The molecule has 2 atom stereocenters. The number of aromatic nitrogens is 3. The molecule has 27 heavy (non-hydrogen) atoms. The molecule has 2 N–H and O–H groups in total. The van der Waals surface area contributed by atoms with Crippen LogP contribution >= 0.6 is 0 Å². The lowest BCUT2D eigenvalue weighted by Gasteiger charge is -2.32. The van der Waals surface area contributed by atoms with Crippen LogP contribution in [0.3, 0.4) is 0 Å². The van der Waals surface area contributed by atoms with Gasteiger partial charge in [0.2, 0.25) is 5.88 Å². The Bertz CT molecular complexity index is 946. The molecule has 0 radical (unpaired) electrons. The lowest BCUT2D eigenvalue weighted by Crippen LogP contribution is -2.32. The summed E-state index contributed by atoms with van der Waals surface area (Å²) in [6.07, 6.45) is 5.71. The molecule has 0 saturated heterocycles. The first-order chi connectivity index (χ1) is 13.1. The fourth-order valence-electron chi connectivity index (χ4n) is 3.25. The smallest absolute Gasteiger partial charge is 0.262 e. The summed E-state index contributed by atoms with van der Waals surface area (Å²) in [6, 6.07) is 8.62. The van der Waals surface area contributed by atoms with Gasteiger partial charge in [0.25, 0.3) is 11.3 Å². The summed E-state index contributed by atoms with van der Waals surface area (Å²) in [4.78, 5) is 4.21. The van der Waals surface area contributed by atoms with E-state index in [0.29, 0.717) is 17.3 Å². The summed E-state index contributed by atoms with van der Waals surface area (Å²) in [6.45, 7) is 0. The van der Waals surface area contributed by atoms with Crippen molar-refractivity contribution in [3.63, 3.8) is 0 Å². The first-order valence-electron chi connectivity index (χ1n) is 8.43. The SMILES string of the molecule is O=S(O)N(c1ccc(Oc2ccc(F)cc2)nc1)C1CCCc2[nH]ncc21. The first-order valence-corrected chi connectivity index (χ1v) is 9.50. The normalized spacial score (nSPS) is 17.2. The summed E-state index contributed by atoms with van der Waals surface area (Å²) < 4.78 is 41.9. The molecule has 140 valence electrons. The molecular weight excluding hydrogens is 371 g/mol. The van der Waals surface area contributed by atoms with E-state index < -0.39 is 11.3 Å². The van der Waals surface area contributed by atoms with E-state index in [2.05, 4.69) is 15.2 Å². The Hall–Kier alpha value is -2.78. The Balaban J connectivity index is 1.58. The molecule has 1 aromatic carbocycles. The van der Waals surface area contributed by atoms with E-state index in [1.165, 1.54) is 34.8 Å². The number of fused-ring (bicyclic) bond motifs is 1. The zero-order valence-electron chi connectivity index (χ0n) is 14.2. The largest absolute Gasteiger partial charge is 0.439 e. The molecule has 4 rings (SSSR count). The van der Waals surface area contributed by atoms with Gasteiger partial charge in [0.15, 0.2) is 0 Å². The number of ether oxygens (including phenoxy) is 1. The fourth-order valence-corrected chi connectivity index (χ4v) is 3.97. The third-order valence-electron chi connectivity index (χ3n) is 4.48. The molecule has 0 fully saturated rings.